The zero-order chi connectivity index (χ0) is 11.1. The Morgan fingerprint density at radius 1 is 1.60 bits per heavy atom. The van der Waals surface area contributed by atoms with Gasteiger partial charge >= 0.3 is 0 Å². The van der Waals surface area contributed by atoms with E-state index >= 15 is 0 Å². The third kappa shape index (κ3) is 3.58. The number of ether oxygens (including phenoxy) is 1. The molecule has 0 aliphatic heterocycles. The van der Waals surface area contributed by atoms with Crippen molar-refractivity contribution in [2.45, 2.75) is 26.3 Å². The first-order chi connectivity index (χ1) is 7.29. The molecule has 1 atom stereocenters. The molecule has 0 fully saturated rings. The molecule has 0 bridgehead atoms. The first-order valence-corrected chi connectivity index (χ1v) is 5.25. The Morgan fingerprint density at radius 2 is 2.40 bits per heavy atom. The number of nitrogens with one attached hydrogen (secondary N) is 1. The molecule has 0 aliphatic rings. The highest BCUT2D eigenvalue weighted by Crippen LogP contribution is 2.13. The highest BCUT2D eigenvalue weighted by atomic mass is 16.5. The molecule has 15 heavy (non-hydrogen) atoms. The van der Waals surface area contributed by atoms with E-state index in [9.17, 15) is 0 Å². The zero-order valence-electron chi connectivity index (χ0n) is 9.36. The van der Waals surface area contributed by atoms with E-state index in [0.29, 0.717) is 6.61 Å². The zero-order valence-corrected chi connectivity index (χ0v) is 9.36. The van der Waals surface area contributed by atoms with E-state index in [1.54, 1.807) is 6.20 Å². The molecule has 0 amide bonds. The molecule has 4 nitrogen and oxygen atoms in total. The summed E-state index contributed by atoms with van der Waals surface area (Å²) in [7, 11) is 0. The average Bonchev–Trinajstić information content (AvgIpc) is 2.26. The smallest absolute Gasteiger partial charge is 0.0867 e. The lowest BCUT2D eigenvalue weighted by Crippen LogP contribution is -2.32. The van der Waals surface area contributed by atoms with Gasteiger partial charge in [-0.2, -0.15) is 0 Å². The molecular weight excluding hydrogens is 190 g/mol. The number of nitrogens with two attached hydrogens (primary N) is 1. The molecule has 1 aromatic heterocycles. The molecule has 4 heteroatoms. The Bertz CT molecular complexity index is 291. The number of pyridine rings is 1. The SMILES string of the molecule is CCCOCC(NN)c1ncccc1C. The van der Waals surface area contributed by atoms with Gasteiger partial charge in [0.05, 0.1) is 18.3 Å². The Labute approximate surface area is 90.8 Å². The van der Waals surface area contributed by atoms with E-state index in [1.165, 1.54) is 0 Å². The molecular formula is C11H19N3O. The Hall–Kier alpha value is -0.970. The summed E-state index contributed by atoms with van der Waals surface area (Å²) in [5.74, 6) is 5.49. The lowest BCUT2D eigenvalue weighted by atomic mass is 10.1. The number of hydrogen-bond acceptors (Lipinski definition) is 4. The highest BCUT2D eigenvalue weighted by Gasteiger charge is 2.12. The van der Waals surface area contributed by atoms with Crippen molar-refractivity contribution in [3.8, 4) is 0 Å². The summed E-state index contributed by atoms with van der Waals surface area (Å²) < 4.78 is 5.46. The molecule has 0 spiro atoms. The van der Waals surface area contributed by atoms with Crippen LogP contribution in [-0.2, 0) is 4.74 Å². The van der Waals surface area contributed by atoms with Gasteiger partial charge in [0, 0.05) is 12.8 Å². The van der Waals surface area contributed by atoms with E-state index < -0.39 is 0 Å². The minimum atomic E-state index is -0.0299. The topological polar surface area (TPSA) is 60.2 Å². The van der Waals surface area contributed by atoms with Crippen molar-refractivity contribution in [1.29, 1.82) is 0 Å². The van der Waals surface area contributed by atoms with Crippen molar-refractivity contribution >= 4 is 0 Å². The normalized spacial score (nSPS) is 12.7. The fraction of sp³-hybridized carbons (Fsp3) is 0.545. The molecule has 0 radical (unpaired) electrons. The molecule has 0 aliphatic carbocycles. The summed E-state index contributed by atoms with van der Waals surface area (Å²) in [6.45, 7) is 5.41. The molecule has 1 aromatic rings. The first-order valence-electron chi connectivity index (χ1n) is 5.25. The Balaban J connectivity index is 2.61. The first kappa shape index (κ1) is 12.1. The van der Waals surface area contributed by atoms with E-state index in [2.05, 4.69) is 17.3 Å². The lowest BCUT2D eigenvalue weighted by molar-refractivity contribution is 0.111. The van der Waals surface area contributed by atoms with E-state index in [4.69, 9.17) is 10.6 Å². The van der Waals surface area contributed by atoms with Crippen LogP contribution in [0.2, 0.25) is 0 Å². The van der Waals surface area contributed by atoms with Crippen molar-refractivity contribution in [1.82, 2.24) is 10.4 Å². The Kier molecular flexibility index (Phi) is 5.25. The van der Waals surface area contributed by atoms with Crippen LogP contribution >= 0.6 is 0 Å². The summed E-state index contributed by atoms with van der Waals surface area (Å²) in [5, 5.41) is 0. The van der Waals surface area contributed by atoms with Gasteiger partial charge in [-0.15, -0.1) is 0 Å². The second-order valence-corrected chi connectivity index (χ2v) is 3.50. The summed E-state index contributed by atoms with van der Waals surface area (Å²) in [5.41, 5.74) is 4.81. The molecule has 0 saturated carbocycles. The van der Waals surface area contributed by atoms with Crippen molar-refractivity contribution in [2.24, 2.45) is 5.84 Å². The second-order valence-electron chi connectivity index (χ2n) is 3.50. The maximum Gasteiger partial charge on any atom is 0.0867 e. The molecule has 0 aromatic carbocycles. The van der Waals surface area contributed by atoms with Crippen LogP contribution in [0.3, 0.4) is 0 Å². The monoisotopic (exact) mass is 209 g/mol. The van der Waals surface area contributed by atoms with Crippen molar-refractivity contribution in [3.05, 3.63) is 29.6 Å². The number of aromatic nitrogens is 1. The molecule has 84 valence electrons. The van der Waals surface area contributed by atoms with Crippen LogP contribution in [0, 0.1) is 6.92 Å². The van der Waals surface area contributed by atoms with Gasteiger partial charge in [0.1, 0.15) is 0 Å². The fourth-order valence-electron chi connectivity index (χ4n) is 1.41. The summed E-state index contributed by atoms with van der Waals surface area (Å²) >= 11 is 0. The lowest BCUT2D eigenvalue weighted by Gasteiger charge is -2.17. The molecule has 1 rings (SSSR count). The maximum absolute atomic E-state index is 5.49. The number of aryl methyl sites for hydroxylation is 1. The van der Waals surface area contributed by atoms with Gasteiger partial charge in [0.25, 0.3) is 0 Å². The van der Waals surface area contributed by atoms with Crippen molar-refractivity contribution < 1.29 is 4.74 Å². The standard InChI is InChI=1S/C11H19N3O/c1-3-7-15-8-10(14-12)11-9(2)5-4-6-13-11/h4-6,10,14H,3,7-8,12H2,1-2H3. The third-order valence-electron chi connectivity index (χ3n) is 2.21. The van der Waals surface area contributed by atoms with Crippen LogP contribution in [0.15, 0.2) is 18.3 Å². The molecule has 0 saturated heterocycles. The summed E-state index contributed by atoms with van der Waals surface area (Å²) in [4.78, 5) is 4.31. The van der Waals surface area contributed by atoms with Gasteiger partial charge in [0.2, 0.25) is 0 Å². The van der Waals surface area contributed by atoms with E-state index in [1.807, 2.05) is 19.1 Å². The molecule has 1 heterocycles. The number of hydrazine groups is 1. The number of hydrogen-bond donors (Lipinski definition) is 2. The van der Waals surface area contributed by atoms with Crippen LogP contribution < -0.4 is 11.3 Å². The van der Waals surface area contributed by atoms with E-state index in [0.717, 1.165) is 24.3 Å². The number of rotatable bonds is 6. The van der Waals surface area contributed by atoms with Crippen LogP contribution in [-0.4, -0.2) is 18.2 Å². The van der Waals surface area contributed by atoms with Gasteiger partial charge < -0.3 is 4.74 Å². The minimum Gasteiger partial charge on any atom is -0.379 e. The minimum absolute atomic E-state index is 0.0299. The van der Waals surface area contributed by atoms with Gasteiger partial charge in [-0.1, -0.05) is 13.0 Å². The predicted octanol–water partition coefficient (Wildman–Crippen LogP) is 1.32. The quantitative estimate of drug-likeness (QED) is 0.421. The van der Waals surface area contributed by atoms with Gasteiger partial charge in [-0.3, -0.25) is 10.8 Å². The van der Waals surface area contributed by atoms with Crippen LogP contribution in [0.25, 0.3) is 0 Å². The summed E-state index contributed by atoms with van der Waals surface area (Å²) in [6, 6.07) is 3.91. The van der Waals surface area contributed by atoms with Crippen LogP contribution in [0.5, 0.6) is 0 Å². The number of nitrogens with zero attached hydrogens (tertiary/aromatic N) is 1. The average molecular weight is 209 g/mol. The maximum atomic E-state index is 5.49. The summed E-state index contributed by atoms with van der Waals surface area (Å²) in [6.07, 6.45) is 2.78. The second kappa shape index (κ2) is 6.50. The van der Waals surface area contributed by atoms with E-state index in [-0.39, 0.29) is 6.04 Å². The van der Waals surface area contributed by atoms with Crippen LogP contribution in [0.4, 0.5) is 0 Å². The third-order valence-corrected chi connectivity index (χ3v) is 2.21. The van der Waals surface area contributed by atoms with Crippen molar-refractivity contribution in [3.63, 3.8) is 0 Å². The van der Waals surface area contributed by atoms with Gasteiger partial charge in [0.15, 0.2) is 0 Å². The van der Waals surface area contributed by atoms with Gasteiger partial charge in [-0.05, 0) is 25.0 Å². The van der Waals surface area contributed by atoms with Gasteiger partial charge in [-0.25, -0.2) is 5.43 Å². The fourth-order valence-corrected chi connectivity index (χ4v) is 1.41. The molecule has 3 N–H and O–H groups in total. The largest absolute Gasteiger partial charge is 0.379 e. The van der Waals surface area contributed by atoms with Crippen molar-refractivity contribution in [2.75, 3.05) is 13.2 Å². The molecule has 1 unspecified atom stereocenters. The van der Waals surface area contributed by atoms with Crippen LogP contribution in [0.1, 0.15) is 30.6 Å². The Morgan fingerprint density at radius 3 is 3.00 bits per heavy atom. The highest BCUT2D eigenvalue weighted by molar-refractivity contribution is 5.20. The predicted molar refractivity (Wildman–Crippen MR) is 60.1 cm³/mol.